The number of nitrogens with two attached hydrogens (primary N) is 1. The van der Waals surface area contributed by atoms with Crippen LogP contribution in [0, 0.1) is 0 Å². The topological polar surface area (TPSA) is 73.1 Å². The smallest absolute Gasteiger partial charge is 0.150 e. The average molecular weight is 356 g/mol. The number of aromatic nitrogens is 2. The fourth-order valence-electron chi connectivity index (χ4n) is 2.98. The normalized spacial score (nSPS) is 10.7. The minimum absolute atomic E-state index is 0.615. The van der Waals surface area contributed by atoms with Crippen molar-refractivity contribution < 1.29 is 4.74 Å². The Balaban J connectivity index is 1.57. The molecule has 0 atom stereocenters. The first-order valence-electron chi connectivity index (χ1n) is 8.71. The van der Waals surface area contributed by atoms with Gasteiger partial charge in [0.25, 0.3) is 0 Å². The number of nitrogens with zero attached hydrogens (tertiary/aromatic N) is 2. The lowest BCUT2D eigenvalue weighted by molar-refractivity contribution is 0.415. The van der Waals surface area contributed by atoms with Crippen molar-refractivity contribution in [1.29, 1.82) is 0 Å². The Morgan fingerprint density at radius 1 is 1.00 bits per heavy atom. The highest BCUT2D eigenvalue weighted by Crippen LogP contribution is 2.26. The molecule has 0 saturated carbocycles. The van der Waals surface area contributed by atoms with Gasteiger partial charge in [-0.1, -0.05) is 24.3 Å². The van der Waals surface area contributed by atoms with Gasteiger partial charge in [-0.3, -0.25) is 4.98 Å². The number of nitrogen functional groups attached to an aromatic ring is 1. The third kappa shape index (κ3) is 3.67. The van der Waals surface area contributed by atoms with Crippen LogP contribution in [0.5, 0.6) is 5.75 Å². The quantitative estimate of drug-likeness (QED) is 0.551. The van der Waals surface area contributed by atoms with Crippen LogP contribution in [0.1, 0.15) is 5.56 Å². The number of ether oxygens (including phenoxy) is 1. The van der Waals surface area contributed by atoms with E-state index in [1.807, 2.05) is 48.5 Å². The van der Waals surface area contributed by atoms with Gasteiger partial charge >= 0.3 is 0 Å². The summed E-state index contributed by atoms with van der Waals surface area (Å²) in [5, 5.41) is 4.46. The second-order valence-electron chi connectivity index (χ2n) is 6.25. The molecule has 0 aliphatic heterocycles. The number of pyridine rings is 2. The highest BCUT2D eigenvalue weighted by atomic mass is 16.5. The van der Waals surface area contributed by atoms with Gasteiger partial charge in [0.05, 0.1) is 24.0 Å². The van der Waals surface area contributed by atoms with Crippen LogP contribution in [0.15, 0.2) is 72.9 Å². The van der Waals surface area contributed by atoms with E-state index >= 15 is 0 Å². The Labute approximate surface area is 157 Å². The van der Waals surface area contributed by atoms with Gasteiger partial charge in [0.2, 0.25) is 0 Å². The standard InChI is InChI=1S/C22H20N4O/c1-27-18-6-2-4-17(13-18)21-10-8-19(23)22(26-21)25-14-15-7-9-20-16(12-15)5-3-11-24-20/h2-13H,14,23H2,1H3,(H,25,26). The van der Waals surface area contributed by atoms with Gasteiger partial charge < -0.3 is 15.8 Å². The molecule has 2 aromatic carbocycles. The van der Waals surface area contributed by atoms with Gasteiger partial charge in [-0.25, -0.2) is 4.98 Å². The van der Waals surface area contributed by atoms with Crippen LogP contribution < -0.4 is 15.8 Å². The molecule has 0 saturated heterocycles. The van der Waals surface area contributed by atoms with E-state index < -0.39 is 0 Å². The van der Waals surface area contributed by atoms with E-state index in [4.69, 9.17) is 15.5 Å². The first-order chi connectivity index (χ1) is 13.2. The molecule has 0 unspecified atom stereocenters. The van der Waals surface area contributed by atoms with Crippen molar-refractivity contribution in [3.63, 3.8) is 0 Å². The summed E-state index contributed by atoms with van der Waals surface area (Å²) in [4.78, 5) is 9.04. The van der Waals surface area contributed by atoms with Gasteiger partial charge in [-0.2, -0.15) is 0 Å². The van der Waals surface area contributed by atoms with Crippen molar-refractivity contribution in [2.24, 2.45) is 0 Å². The monoisotopic (exact) mass is 356 g/mol. The Morgan fingerprint density at radius 3 is 2.81 bits per heavy atom. The van der Waals surface area contributed by atoms with Gasteiger partial charge in [0.1, 0.15) is 11.6 Å². The molecule has 4 rings (SSSR count). The number of benzene rings is 2. The molecule has 5 heteroatoms. The van der Waals surface area contributed by atoms with Gasteiger partial charge in [0.15, 0.2) is 0 Å². The first-order valence-corrected chi connectivity index (χ1v) is 8.71. The van der Waals surface area contributed by atoms with Gasteiger partial charge in [0, 0.05) is 23.7 Å². The van der Waals surface area contributed by atoms with E-state index in [1.54, 1.807) is 13.3 Å². The van der Waals surface area contributed by atoms with Crippen LogP contribution in [0.4, 0.5) is 11.5 Å². The van der Waals surface area contributed by atoms with Gasteiger partial charge in [-0.15, -0.1) is 0 Å². The lowest BCUT2D eigenvalue weighted by Gasteiger charge is -2.11. The van der Waals surface area contributed by atoms with Crippen molar-refractivity contribution >= 4 is 22.4 Å². The Hall–Kier alpha value is -3.60. The summed E-state index contributed by atoms with van der Waals surface area (Å²) in [5.74, 6) is 1.46. The molecular weight excluding hydrogens is 336 g/mol. The summed E-state index contributed by atoms with van der Waals surface area (Å²) in [7, 11) is 1.65. The summed E-state index contributed by atoms with van der Waals surface area (Å²) in [5.41, 5.74) is 10.7. The molecule has 27 heavy (non-hydrogen) atoms. The molecule has 0 amide bonds. The fraction of sp³-hybridized carbons (Fsp3) is 0.0909. The molecule has 0 aliphatic rings. The van der Waals surface area contributed by atoms with E-state index in [9.17, 15) is 0 Å². The fourth-order valence-corrected chi connectivity index (χ4v) is 2.98. The molecular formula is C22H20N4O. The molecule has 2 heterocycles. The molecule has 0 radical (unpaired) electrons. The van der Waals surface area contributed by atoms with Gasteiger partial charge in [-0.05, 0) is 48.0 Å². The van der Waals surface area contributed by atoms with E-state index in [1.165, 1.54) is 0 Å². The lowest BCUT2D eigenvalue weighted by Crippen LogP contribution is -2.05. The van der Waals surface area contributed by atoms with Crippen LogP contribution in [0.3, 0.4) is 0 Å². The number of anilines is 2. The first kappa shape index (κ1) is 16.8. The molecule has 4 aromatic rings. The zero-order valence-electron chi connectivity index (χ0n) is 15.0. The molecule has 134 valence electrons. The maximum Gasteiger partial charge on any atom is 0.150 e. The predicted octanol–water partition coefficient (Wildman–Crippen LogP) is 4.50. The second-order valence-corrected chi connectivity index (χ2v) is 6.25. The molecule has 0 aliphatic carbocycles. The van der Waals surface area contributed by atoms with Crippen LogP contribution in [-0.4, -0.2) is 17.1 Å². The predicted molar refractivity (Wildman–Crippen MR) is 110 cm³/mol. The van der Waals surface area contributed by atoms with E-state index in [0.29, 0.717) is 18.1 Å². The summed E-state index contributed by atoms with van der Waals surface area (Å²) < 4.78 is 5.30. The Morgan fingerprint density at radius 2 is 1.93 bits per heavy atom. The van der Waals surface area contributed by atoms with E-state index in [0.717, 1.165) is 33.5 Å². The van der Waals surface area contributed by atoms with E-state index in [2.05, 4.69) is 28.5 Å². The number of nitrogens with one attached hydrogen (secondary N) is 1. The summed E-state index contributed by atoms with van der Waals surface area (Å²) in [6, 6.07) is 21.8. The third-order valence-corrected chi connectivity index (χ3v) is 4.42. The third-order valence-electron chi connectivity index (χ3n) is 4.42. The largest absolute Gasteiger partial charge is 0.497 e. The number of hydrogen-bond donors (Lipinski definition) is 2. The second kappa shape index (κ2) is 7.33. The Bertz CT molecular complexity index is 1090. The lowest BCUT2D eigenvalue weighted by atomic mass is 10.1. The van der Waals surface area contributed by atoms with E-state index in [-0.39, 0.29) is 0 Å². The van der Waals surface area contributed by atoms with Crippen LogP contribution in [0.25, 0.3) is 22.2 Å². The van der Waals surface area contributed by atoms with Crippen molar-refractivity contribution in [3.05, 3.63) is 78.5 Å². The zero-order chi connectivity index (χ0) is 18.6. The SMILES string of the molecule is COc1cccc(-c2ccc(N)c(NCc3ccc4ncccc4c3)n2)c1. The average Bonchev–Trinajstić information content (AvgIpc) is 2.73. The Kier molecular flexibility index (Phi) is 4.58. The number of methoxy groups -OCH3 is 1. The highest BCUT2D eigenvalue weighted by molar-refractivity contribution is 5.79. The number of rotatable bonds is 5. The number of hydrogen-bond acceptors (Lipinski definition) is 5. The molecule has 3 N–H and O–H groups in total. The molecule has 0 bridgehead atoms. The minimum Gasteiger partial charge on any atom is -0.497 e. The highest BCUT2D eigenvalue weighted by Gasteiger charge is 2.07. The summed E-state index contributed by atoms with van der Waals surface area (Å²) in [6.07, 6.45) is 1.80. The molecule has 2 aromatic heterocycles. The van der Waals surface area contributed by atoms with Crippen molar-refractivity contribution in [3.8, 4) is 17.0 Å². The van der Waals surface area contributed by atoms with Crippen LogP contribution in [-0.2, 0) is 6.54 Å². The summed E-state index contributed by atoms with van der Waals surface area (Å²) >= 11 is 0. The van der Waals surface area contributed by atoms with Crippen LogP contribution in [0.2, 0.25) is 0 Å². The zero-order valence-corrected chi connectivity index (χ0v) is 15.0. The van der Waals surface area contributed by atoms with Crippen molar-refractivity contribution in [2.45, 2.75) is 6.54 Å². The van der Waals surface area contributed by atoms with Crippen molar-refractivity contribution in [2.75, 3.05) is 18.2 Å². The maximum atomic E-state index is 6.12. The maximum absolute atomic E-state index is 6.12. The molecule has 0 spiro atoms. The minimum atomic E-state index is 0.615. The molecule has 5 nitrogen and oxygen atoms in total. The molecule has 0 fully saturated rings. The van der Waals surface area contributed by atoms with Crippen molar-refractivity contribution in [1.82, 2.24) is 9.97 Å². The summed E-state index contributed by atoms with van der Waals surface area (Å²) in [6.45, 7) is 0.629. The van der Waals surface area contributed by atoms with Crippen LogP contribution >= 0.6 is 0 Å². The number of fused-ring (bicyclic) bond motifs is 1.